The van der Waals surface area contributed by atoms with Gasteiger partial charge >= 0.3 is 0 Å². The number of likely N-dealkylation sites (tertiary alicyclic amines) is 1. The average Bonchev–Trinajstić information content (AvgIpc) is 2.69. The summed E-state index contributed by atoms with van der Waals surface area (Å²) in [5.74, 6) is 1.71. The first-order valence-corrected chi connectivity index (χ1v) is 9.36. The molecule has 2 N–H and O–H groups in total. The minimum Gasteiger partial charge on any atom is -0.502 e. The number of hydrogen-bond acceptors (Lipinski definition) is 7. The fourth-order valence-corrected chi connectivity index (χ4v) is 3.57. The van der Waals surface area contributed by atoms with Gasteiger partial charge in [-0.05, 0) is 43.6 Å². The largest absolute Gasteiger partial charge is 0.502 e. The third-order valence-electron chi connectivity index (χ3n) is 5.12. The van der Waals surface area contributed by atoms with Crippen LogP contribution in [0.3, 0.4) is 0 Å². The Morgan fingerprint density at radius 3 is 2.32 bits per heavy atom. The summed E-state index contributed by atoms with van der Waals surface area (Å²) in [6.45, 7) is 2.55. The van der Waals surface area contributed by atoms with E-state index in [0.717, 1.165) is 43.7 Å². The number of aromatic nitrogens is 2. The number of hydrogen-bond donors (Lipinski definition) is 2. The standard InChI is InChI=1S/C20H28N4O4/c1-23(2)20-21-15(11-18(25)22-20)14-5-7-24(8-6-14)12-13-9-16(27-3)19(26)17(10-13)28-4/h9-11,14,26H,5-8,12H2,1-4H3,(H,21,22,25). The number of phenols is 1. The maximum absolute atomic E-state index is 11.9. The number of H-pyrrole nitrogens is 1. The molecule has 2 aromatic rings. The number of aromatic hydroxyl groups is 1. The molecule has 0 saturated carbocycles. The molecule has 28 heavy (non-hydrogen) atoms. The molecule has 1 aromatic heterocycles. The molecule has 1 fully saturated rings. The van der Waals surface area contributed by atoms with E-state index < -0.39 is 0 Å². The fourth-order valence-electron chi connectivity index (χ4n) is 3.57. The molecule has 1 aromatic carbocycles. The number of methoxy groups -OCH3 is 2. The second kappa shape index (κ2) is 8.52. The van der Waals surface area contributed by atoms with E-state index in [9.17, 15) is 9.90 Å². The molecule has 1 saturated heterocycles. The first kappa shape index (κ1) is 20.0. The number of piperidine rings is 1. The van der Waals surface area contributed by atoms with Gasteiger partial charge in [0.15, 0.2) is 11.5 Å². The Kier molecular flexibility index (Phi) is 6.08. The maximum atomic E-state index is 11.9. The van der Waals surface area contributed by atoms with Gasteiger partial charge in [0.25, 0.3) is 5.56 Å². The summed E-state index contributed by atoms with van der Waals surface area (Å²) in [4.78, 5) is 23.5. The third kappa shape index (κ3) is 4.39. The van der Waals surface area contributed by atoms with Gasteiger partial charge in [0.2, 0.25) is 11.7 Å². The van der Waals surface area contributed by atoms with Crippen molar-refractivity contribution < 1.29 is 14.6 Å². The Bertz CT molecular complexity index is 848. The van der Waals surface area contributed by atoms with Crippen LogP contribution in [0.2, 0.25) is 0 Å². The smallest absolute Gasteiger partial charge is 0.252 e. The number of nitrogens with one attached hydrogen (secondary N) is 1. The van der Waals surface area contributed by atoms with E-state index in [4.69, 9.17) is 9.47 Å². The van der Waals surface area contributed by atoms with E-state index in [-0.39, 0.29) is 17.2 Å². The highest BCUT2D eigenvalue weighted by molar-refractivity contribution is 5.52. The van der Waals surface area contributed by atoms with Crippen LogP contribution < -0.4 is 19.9 Å². The van der Waals surface area contributed by atoms with Crippen LogP contribution in [0.1, 0.15) is 30.0 Å². The van der Waals surface area contributed by atoms with E-state index >= 15 is 0 Å². The zero-order valence-corrected chi connectivity index (χ0v) is 16.9. The van der Waals surface area contributed by atoms with Crippen molar-refractivity contribution >= 4 is 5.95 Å². The number of benzene rings is 1. The second-order valence-corrected chi connectivity index (χ2v) is 7.29. The lowest BCUT2D eigenvalue weighted by atomic mass is 9.93. The summed E-state index contributed by atoms with van der Waals surface area (Å²) < 4.78 is 10.5. The maximum Gasteiger partial charge on any atom is 0.252 e. The number of ether oxygens (including phenoxy) is 2. The molecule has 152 valence electrons. The van der Waals surface area contributed by atoms with Gasteiger partial charge in [-0.2, -0.15) is 0 Å². The molecule has 1 aliphatic heterocycles. The van der Waals surface area contributed by atoms with Crippen LogP contribution >= 0.6 is 0 Å². The molecule has 3 rings (SSSR count). The summed E-state index contributed by atoms with van der Waals surface area (Å²) in [6.07, 6.45) is 1.88. The van der Waals surface area contributed by atoms with Crippen LogP contribution in [0.5, 0.6) is 17.2 Å². The normalized spacial score (nSPS) is 15.4. The van der Waals surface area contributed by atoms with Gasteiger partial charge in [-0.1, -0.05) is 0 Å². The monoisotopic (exact) mass is 388 g/mol. The first-order valence-electron chi connectivity index (χ1n) is 9.36. The van der Waals surface area contributed by atoms with Crippen molar-refractivity contribution in [2.75, 3.05) is 46.3 Å². The van der Waals surface area contributed by atoms with Gasteiger partial charge in [0.1, 0.15) is 0 Å². The van der Waals surface area contributed by atoms with E-state index in [0.29, 0.717) is 17.4 Å². The molecule has 0 unspecified atom stereocenters. The van der Waals surface area contributed by atoms with Crippen LogP contribution in [0.4, 0.5) is 5.95 Å². The van der Waals surface area contributed by atoms with Crippen molar-refractivity contribution in [2.24, 2.45) is 0 Å². The highest BCUT2D eigenvalue weighted by atomic mass is 16.5. The van der Waals surface area contributed by atoms with Gasteiger partial charge in [-0.15, -0.1) is 0 Å². The summed E-state index contributed by atoms with van der Waals surface area (Å²) in [7, 11) is 6.79. The first-order chi connectivity index (χ1) is 13.4. The molecule has 1 aliphatic rings. The Hall–Kier alpha value is -2.74. The highest BCUT2D eigenvalue weighted by Crippen LogP contribution is 2.37. The van der Waals surface area contributed by atoms with Gasteiger partial charge in [0.05, 0.1) is 19.9 Å². The zero-order chi connectivity index (χ0) is 20.3. The van der Waals surface area contributed by atoms with Crippen molar-refractivity contribution in [1.82, 2.24) is 14.9 Å². The minimum atomic E-state index is -0.112. The quantitative estimate of drug-likeness (QED) is 0.781. The number of rotatable bonds is 6. The molecule has 0 amide bonds. The third-order valence-corrected chi connectivity index (χ3v) is 5.12. The molecule has 2 heterocycles. The molecule has 8 heteroatoms. The van der Waals surface area contributed by atoms with Crippen LogP contribution in [-0.4, -0.2) is 61.4 Å². The molecule has 0 bridgehead atoms. The summed E-state index contributed by atoms with van der Waals surface area (Å²) in [5, 5.41) is 10.1. The SMILES string of the molecule is COc1cc(CN2CCC(c3cc(=O)[nH]c(N(C)C)n3)CC2)cc(OC)c1O. The second-order valence-electron chi connectivity index (χ2n) is 7.29. The molecular formula is C20H28N4O4. The van der Waals surface area contributed by atoms with Crippen molar-refractivity contribution in [3.05, 3.63) is 39.8 Å². The summed E-state index contributed by atoms with van der Waals surface area (Å²) in [5.41, 5.74) is 1.77. The number of aromatic amines is 1. The van der Waals surface area contributed by atoms with Crippen LogP contribution in [0.25, 0.3) is 0 Å². The molecular weight excluding hydrogens is 360 g/mol. The Morgan fingerprint density at radius 1 is 1.18 bits per heavy atom. The lowest BCUT2D eigenvalue weighted by molar-refractivity contribution is 0.202. The lowest BCUT2D eigenvalue weighted by Gasteiger charge is -2.32. The minimum absolute atomic E-state index is 0.0181. The van der Waals surface area contributed by atoms with Gasteiger partial charge in [-0.3, -0.25) is 14.7 Å². The molecule has 8 nitrogen and oxygen atoms in total. The van der Waals surface area contributed by atoms with E-state index in [2.05, 4.69) is 14.9 Å². The van der Waals surface area contributed by atoms with Gasteiger partial charge in [-0.25, -0.2) is 4.98 Å². The topological polar surface area (TPSA) is 90.9 Å². The Labute approximate surface area is 164 Å². The van der Waals surface area contributed by atoms with Gasteiger partial charge < -0.3 is 19.5 Å². The number of nitrogens with zero attached hydrogens (tertiary/aromatic N) is 3. The fraction of sp³-hybridized carbons (Fsp3) is 0.500. The Morgan fingerprint density at radius 2 is 1.79 bits per heavy atom. The highest BCUT2D eigenvalue weighted by Gasteiger charge is 2.23. The van der Waals surface area contributed by atoms with Crippen LogP contribution in [0.15, 0.2) is 23.0 Å². The number of phenolic OH excluding ortho intramolecular Hbond substituents is 1. The zero-order valence-electron chi connectivity index (χ0n) is 16.9. The van der Waals surface area contributed by atoms with Crippen LogP contribution in [-0.2, 0) is 6.54 Å². The predicted molar refractivity (Wildman–Crippen MR) is 108 cm³/mol. The summed E-state index contributed by atoms with van der Waals surface area (Å²) in [6, 6.07) is 5.29. The predicted octanol–water partition coefficient (Wildman–Crippen LogP) is 1.94. The van der Waals surface area contributed by atoms with Gasteiger partial charge in [0, 0.05) is 32.6 Å². The van der Waals surface area contributed by atoms with E-state index in [1.165, 1.54) is 14.2 Å². The summed E-state index contributed by atoms with van der Waals surface area (Å²) >= 11 is 0. The Balaban J connectivity index is 1.67. The van der Waals surface area contributed by atoms with E-state index in [1.54, 1.807) is 6.07 Å². The molecule has 0 atom stereocenters. The van der Waals surface area contributed by atoms with Crippen molar-refractivity contribution in [2.45, 2.75) is 25.3 Å². The van der Waals surface area contributed by atoms with Crippen molar-refractivity contribution in [3.63, 3.8) is 0 Å². The molecule has 0 spiro atoms. The molecule has 0 aliphatic carbocycles. The molecule has 0 radical (unpaired) electrons. The van der Waals surface area contributed by atoms with Crippen LogP contribution in [0, 0.1) is 0 Å². The number of anilines is 1. The average molecular weight is 388 g/mol. The van der Waals surface area contributed by atoms with Crippen molar-refractivity contribution in [1.29, 1.82) is 0 Å². The lowest BCUT2D eigenvalue weighted by Crippen LogP contribution is -2.33. The van der Waals surface area contributed by atoms with E-state index in [1.807, 2.05) is 31.1 Å². The van der Waals surface area contributed by atoms with Crippen molar-refractivity contribution in [3.8, 4) is 17.2 Å².